The van der Waals surface area contributed by atoms with Gasteiger partial charge in [0.05, 0.1) is 6.10 Å². The lowest BCUT2D eigenvalue weighted by molar-refractivity contribution is -0.115. The summed E-state index contributed by atoms with van der Waals surface area (Å²) in [6.07, 6.45) is 5.22. The topological polar surface area (TPSA) is 61.8 Å². The Morgan fingerprint density at radius 3 is 2.59 bits per heavy atom. The maximum atomic E-state index is 12.4. The van der Waals surface area contributed by atoms with Crippen molar-refractivity contribution < 1.29 is 14.6 Å². The summed E-state index contributed by atoms with van der Waals surface area (Å²) in [5, 5.41) is 12.3. The second-order valence-corrected chi connectivity index (χ2v) is 7.39. The third kappa shape index (κ3) is 3.93. The summed E-state index contributed by atoms with van der Waals surface area (Å²) in [4.78, 5) is 14.2. The average molecular weight is 312 g/mol. The van der Waals surface area contributed by atoms with Crippen molar-refractivity contribution in [2.75, 3.05) is 26.3 Å². The number of unbranched alkanes of at least 4 members (excludes halogenated alkanes) is 1. The average Bonchev–Trinajstić information content (AvgIpc) is 2.53. The second kappa shape index (κ2) is 7.64. The van der Waals surface area contributed by atoms with Gasteiger partial charge in [-0.3, -0.25) is 0 Å². The largest absolute Gasteiger partial charge is 0.396 e. The Balaban J connectivity index is 1.74. The number of rotatable bonds is 6. The van der Waals surface area contributed by atoms with E-state index < -0.39 is 0 Å². The fourth-order valence-corrected chi connectivity index (χ4v) is 3.34. The molecule has 22 heavy (non-hydrogen) atoms. The second-order valence-electron chi connectivity index (χ2n) is 7.39. The Hall–Kier alpha value is -0.810. The SMILES string of the molecule is CCCCOC1CC(NC(=O)N2CCC(CO)CC2)C1(C)C. The molecule has 5 heteroatoms. The molecule has 1 aliphatic heterocycles. The molecule has 5 nitrogen and oxygen atoms in total. The molecule has 2 rings (SSSR count). The lowest BCUT2D eigenvalue weighted by Crippen LogP contribution is -2.64. The smallest absolute Gasteiger partial charge is 0.317 e. The van der Waals surface area contributed by atoms with E-state index in [2.05, 4.69) is 26.1 Å². The van der Waals surface area contributed by atoms with Crippen LogP contribution < -0.4 is 5.32 Å². The van der Waals surface area contributed by atoms with E-state index in [0.717, 1.165) is 51.8 Å². The number of urea groups is 1. The number of ether oxygens (including phenoxy) is 1. The Morgan fingerprint density at radius 2 is 2.05 bits per heavy atom. The molecule has 128 valence electrons. The zero-order chi connectivity index (χ0) is 16.2. The highest BCUT2D eigenvalue weighted by Gasteiger charge is 2.50. The number of likely N-dealkylation sites (tertiary alicyclic amines) is 1. The summed E-state index contributed by atoms with van der Waals surface area (Å²) in [5.74, 6) is 0.362. The summed E-state index contributed by atoms with van der Waals surface area (Å²) in [6, 6.07) is 0.240. The van der Waals surface area contributed by atoms with Gasteiger partial charge in [0.2, 0.25) is 0 Å². The van der Waals surface area contributed by atoms with Crippen molar-refractivity contribution in [2.45, 2.75) is 65.0 Å². The van der Waals surface area contributed by atoms with Crippen LogP contribution >= 0.6 is 0 Å². The minimum Gasteiger partial charge on any atom is -0.396 e. The molecule has 2 unspecified atom stereocenters. The monoisotopic (exact) mass is 312 g/mol. The molecule has 0 aromatic rings. The van der Waals surface area contributed by atoms with Crippen LogP contribution in [0.4, 0.5) is 4.79 Å². The fourth-order valence-electron chi connectivity index (χ4n) is 3.34. The van der Waals surface area contributed by atoms with Crippen LogP contribution in [0.1, 0.15) is 52.9 Å². The summed E-state index contributed by atoms with van der Waals surface area (Å²) in [6.45, 7) is 9.08. The summed E-state index contributed by atoms with van der Waals surface area (Å²) < 4.78 is 5.93. The van der Waals surface area contributed by atoms with E-state index in [-0.39, 0.29) is 30.2 Å². The van der Waals surface area contributed by atoms with Crippen LogP contribution in [-0.4, -0.2) is 54.5 Å². The van der Waals surface area contributed by atoms with Gasteiger partial charge in [0.25, 0.3) is 0 Å². The molecule has 0 aromatic carbocycles. The van der Waals surface area contributed by atoms with E-state index in [0.29, 0.717) is 5.92 Å². The normalized spacial score (nSPS) is 28.3. The van der Waals surface area contributed by atoms with Gasteiger partial charge in [-0.05, 0) is 31.6 Å². The number of nitrogens with one attached hydrogen (secondary N) is 1. The van der Waals surface area contributed by atoms with Crippen molar-refractivity contribution in [3.63, 3.8) is 0 Å². The number of aliphatic hydroxyl groups excluding tert-OH is 1. The number of hydrogen-bond acceptors (Lipinski definition) is 3. The zero-order valence-electron chi connectivity index (χ0n) is 14.3. The van der Waals surface area contributed by atoms with Gasteiger partial charge in [-0.15, -0.1) is 0 Å². The molecule has 2 fully saturated rings. The van der Waals surface area contributed by atoms with E-state index >= 15 is 0 Å². The van der Waals surface area contributed by atoms with Gasteiger partial charge in [0.1, 0.15) is 0 Å². The molecule has 0 aromatic heterocycles. The van der Waals surface area contributed by atoms with E-state index in [1.54, 1.807) is 0 Å². The Kier molecular flexibility index (Phi) is 6.09. The number of hydrogen-bond donors (Lipinski definition) is 2. The number of piperidine rings is 1. The number of nitrogens with zero attached hydrogens (tertiary/aromatic N) is 1. The minimum absolute atomic E-state index is 0.00677. The van der Waals surface area contributed by atoms with Crippen LogP contribution in [0.5, 0.6) is 0 Å². The minimum atomic E-state index is 0.00677. The van der Waals surface area contributed by atoms with Crippen LogP contribution in [0.3, 0.4) is 0 Å². The first-order chi connectivity index (χ1) is 10.5. The van der Waals surface area contributed by atoms with Crippen LogP contribution in [0.2, 0.25) is 0 Å². The molecule has 0 radical (unpaired) electrons. The van der Waals surface area contributed by atoms with Crippen molar-refractivity contribution >= 4 is 6.03 Å². The highest BCUT2D eigenvalue weighted by Crippen LogP contribution is 2.43. The number of carbonyl (C=O) groups excluding carboxylic acids is 1. The van der Waals surface area contributed by atoms with Gasteiger partial charge in [-0.1, -0.05) is 27.2 Å². The predicted octanol–water partition coefficient (Wildman–Crippen LogP) is 2.38. The van der Waals surface area contributed by atoms with Crippen molar-refractivity contribution in [3.05, 3.63) is 0 Å². The number of carbonyl (C=O) groups is 1. The van der Waals surface area contributed by atoms with Crippen LogP contribution in [-0.2, 0) is 4.74 Å². The zero-order valence-corrected chi connectivity index (χ0v) is 14.3. The van der Waals surface area contributed by atoms with E-state index in [9.17, 15) is 4.79 Å². The van der Waals surface area contributed by atoms with Gasteiger partial charge in [-0.25, -0.2) is 4.79 Å². The van der Waals surface area contributed by atoms with Crippen LogP contribution in [0, 0.1) is 11.3 Å². The molecule has 1 saturated carbocycles. The summed E-state index contributed by atoms with van der Waals surface area (Å²) >= 11 is 0. The molecule has 2 aliphatic rings. The van der Waals surface area contributed by atoms with Crippen LogP contribution in [0.25, 0.3) is 0 Å². The van der Waals surface area contributed by atoms with E-state index in [1.165, 1.54) is 0 Å². The number of aliphatic hydroxyl groups is 1. The first-order valence-corrected chi connectivity index (χ1v) is 8.77. The lowest BCUT2D eigenvalue weighted by atomic mass is 9.64. The van der Waals surface area contributed by atoms with Gasteiger partial charge in [0, 0.05) is 37.8 Å². The third-order valence-corrected chi connectivity index (χ3v) is 5.45. The molecule has 2 atom stereocenters. The Morgan fingerprint density at radius 1 is 1.36 bits per heavy atom. The quantitative estimate of drug-likeness (QED) is 0.740. The van der Waals surface area contributed by atoms with E-state index in [4.69, 9.17) is 9.84 Å². The molecule has 1 aliphatic carbocycles. The standard InChI is InChI=1S/C17H32N2O3/c1-4-5-10-22-15-11-14(17(15,2)3)18-16(21)19-8-6-13(12-20)7-9-19/h13-15,20H,4-12H2,1-3H3,(H,18,21). The van der Waals surface area contributed by atoms with Crippen molar-refractivity contribution in [1.29, 1.82) is 0 Å². The molecular formula is C17H32N2O3. The molecule has 2 N–H and O–H groups in total. The van der Waals surface area contributed by atoms with Crippen LogP contribution in [0.15, 0.2) is 0 Å². The highest BCUT2D eigenvalue weighted by molar-refractivity contribution is 5.75. The molecule has 0 spiro atoms. The number of amides is 2. The van der Waals surface area contributed by atoms with Gasteiger partial charge in [-0.2, -0.15) is 0 Å². The van der Waals surface area contributed by atoms with Gasteiger partial charge >= 0.3 is 6.03 Å². The maximum Gasteiger partial charge on any atom is 0.317 e. The van der Waals surface area contributed by atoms with Gasteiger partial charge < -0.3 is 20.1 Å². The van der Waals surface area contributed by atoms with E-state index in [1.807, 2.05) is 4.90 Å². The van der Waals surface area contributed by atoms with Crippen molar-refractivity contribution in [1.82, 2.24) is 10.2 Å². The van der Waals surface area contributed by atoms with Crippen molar-refractivity contribution in [2.24, 2.45) is 11.3 Å². The Bertz CT molecular complexity index is 365. The molecule has 1 heterocycles. The summed E-state index contributed by atoms with van der Waals surface area (Å²) in [7, 11) is 0. The van der Waals surface area contributed by atoms with Gasteiger partial charge in [0.15, 0.2) is 0 Å². The third-order valence-electron chi connectivity index (χ3n) is 5.45. The maximum absolute atomic E-state index is 12.4. The first kappa shape index (κ1) is 17.5. The summed E-state index contributed by atoms with van der Waals surface area (Å²) in [5.41, 5.74) is 0.00677. The highest BCUT2D eigenvalue weighted by atomic mass is 16.5. The Labute approximate surface area is 134 Å². The molecular weight excluding hydrogens is 280 g/mol. The molecule has 1 saturated heterocycles. The fraction of sp³-hybridized carbons (Fsp3) is 0.941. The molecule has 0 bridgehead atoms. The van der Waals surface area contributed by atoms with Crippen molar-refractivity contribution in [3.8, 4) is 0 Å². The first-order valence-electron chi connectivity index (χ1n) is 8.77. The lowest BCUT2D eigenvalue weighted by Gasteiger charge is -2.52. The molecule has 2 amide bonds. The predicted molar refractivity (Wildman–Crippen MR) is 86.7 cm³/mol.